The number of carbonyl (C=O) groups excluding carboxylic acids is 1. The maximum absolute atomic E-state index is 12.4. The summed E-state index contributed by atoms with van der Waals surface area (Å²) in [5.74, 6) is -3.22. The number of carbonyl (C=O) groups is 2. The number of nitrogens with zero attached hydrogens (tertiary/aromatic N) is 2. The van der Waals surface area contributed by atoms with Crippen molar-refractivity contribution in [1.29, 1.82) is 0 Å². The molecule has 2 N–H and O–H groups in total. The normalized spacial score (nSPS) is 15.4. The lowest BCUT2D eigenvalue weighted by Gasteiger charge is -2.25. The van der Waals surface area contributed by atoms with Gasteiger partial charge in [0, 0.05) is 18.1 Å². The molecule has 1 saturated heterocycles. The molecular weight excluding hydrogens is 435 g/mol. The van der Waals surface area contributed by atoms with Gasteiger partial charge in [-0.2, -0.15) is 21.6 Å². The van der Waals surface area contributed by atoms with E-state index in [9.17, 15) is 26.4 Å². The van der Waals surface area contributed by atoms with Gasteiger partial charge in [0.15, 0.2) is 0 Å². The Bertz CT molecular complexity index is 977. The van der Waals surface area contributed by atoms with Crippen LogP contribution in [0.1, 0.15) is 0 Å². The van der Waals surface area contributed by atoms with Crippen molar-refractivity contribution < 1.29 is 36.3 Å². The summed E-state index contributed by atoms with van der Waals surface area (Å²) >= 11 is 6.89. The second-order valence-electron chi connectivity index (χ2n) is 5.04. The van der Waals surface area contributed by atoms with Gasteiger partial charge in [0.1, 0.15) is 0 Å². The second kappa shape index (κ2) is 7.96. The van der Waals surface area contributed by atoms with Crippen LogP contribution >= 0.6 is 22.9 Å². The van der Waals surface area contributed by atoms with Crippen LogP contribution in [0, 0.1) is 0 Å². The van der Waals surface area contributed by atoms with Gasteiger partial charge in [0.05, 0.1) is 16.8 Å². The maximum Gasteiger partial charge on any atom is 0.490 e. The number of rotatable bonds is 2. The summed E-state index contributed by atoms with van der Waals surface area (Å²) in [5, 5.41) is 10.4. The molecule has 1 fully saturated rings. The van der Waals surface area contributed by atoms with Crippen molar-refractivity contribution in [3.8, 4) is 0 Å². The summed E-state index contributed by atoms with van der Waals surface area (Å²) in [4.78, 5) is 24.7. The van der Waals surface area contributed by atoms with Crippen LogP contribution < -0.4 is 5.32 Å². The quantitative estimate of drug-likeness (QED) is 0.722. The number of carboxylic acid groups (broad SMARTS) is 1. The molecule has 0 aliphatic carbocycles. The highest BCUT2D eigenvalue weighted by Crippen LogP contribution is 2.29. The summed E-state index contributed by atoms with van der Waals surface area (Å²) in [6.07, 6.45) is -5.08. The third-order valence-corrected chi connectivity index (χ3v) is 6.58. The first-order valence-corrected chi connectivity index (χ1v) is 9.69. The predicted molar refractivity (Wildman–Crippen MR) is 90.1 cm³/mol. The monoisotopic (exact) mass is 445 g/mol. The Hall–Kier alpha value is -1.96. The highest BCUT2D eigenvalue weighted by molar-refractivity contribution is 7.91. The van der Waals surface area contributed by atoms with Crippen LogP contribution in [0.5, 0.6) is 0 Å². The fourth-order valence-electron chi connectivity index (χ4n) is 1.93. The van der Waals surface area contributed by atoms with E-state index in [0.29, 0.717) is 17.1 Å². The van der Waals surface area contributed by atoms with Crippen molar-refractivity contribution in [3.05, 3.63) is 23.2 Å². The molecule has 27 heavy (non-hydrogen) atoms. The van der Waals surface area contributed by atoms with Gasteiger partial charge in [0.25, 0.3) is 10.0 Å². The summed E-state index contributed by atoms with van der Waals surface area (Å²) in [6, 6.07) is 4.99. The Morgan fingerprint density at radius 2 is 2.00 bits per heavy atom. The number of aliphatic carboxylic acids is 1. The van der Waals surface area contributed by atoms with Crippen molar-refractivity contribution in [3.63, 3.8) is 0 Å². The van der Waals surface area contributed by atoms with Gasteiger partial charge in [-0.25, -0.2) is 14.1 Å². The van der Waals surface area contributed by atoms with E-state index in [2.05, 4.69) is 10.3 Å². The maximum atomic E-state index is 12.4. The third kappa shape index (κ3) is 5.06. The van der Waals surface area contributed by atoms with Crippen molar-refractivity contribution in [2.75, 3.05) is 19.6 Å². The fourth-order valence-corrected chi connectivity index (χ4v) is 4.80. The SMILES string of the molecule is O=C(O)C(F)(F)F.O=C1CNCCN1S(=O)(=O)c1nc2cc(Cl)ccc2s1. The number of alkyl halides is 3. The first-order valence-electron chi connectivity index (χ1n) is 7.05. The Balaban J connectivity index is 0.000000321. The molecule has 2 aromatic rings. The molecular formula is C13H11ClF3N3O5S2. The molecule has 148 valence electrons. The molecule has 14 heteroatoms. The highest BCUT2D eigenvalue weighted by atomic mass is 35.5. The van der Waals surface area contributed by atoms with E-state index in [-0.39, 0.29) is 17.4 Å². The number of hydrogen-bond acceptors (Lipinski definition) is 7. The fraction of sp³-hybridized carbons (Fsp3) is 0.308. The predicted octanol–water partition coefficient (Wildman–Crippen LogP) is 1.70. The number of fused-ring (bicyclic) bond motifs is 1. The van der Waals surface area contributed by atoms with Crippen LogP contribution in [-0.4, -0.2) is 60.5 Å². The number of carboxylic acids is 1. The van der Waals surface area contributed by atoms with Gasteiger partial charge in [-0.05, 0) is 18.2 Å². The zero-order valence-electron chi connectivity index (χ0n) is 13.2. The number of benzene rings is 1. The molecule has 0 radical (unpaired) electrons. The van der Waals surface area contributed by atoms with Gasteiger partial charge in [-0.1, -0.05) is 11.6 Å². The van der Waals surface area contributed by atoms with Crippen molar-refractivity contribution in [2.24, 2.45) is 0 Å². The van der Waals surface area contributed by atoms with Crippen LogP contribution in [0.25, 0.3) is 10.2 Å². The lowest BCUT2D eigenvalue weighted by atomic mass is 10.3. The highest BCUT2D eigenvalue weighted by Gasteiger charge is 2.38. The van der Waals surface area contributed by atoms with E-state index < -0.39 is 28.1 Å². The molecule has 3 rings (SSSR count). The molecule has 1 aromatic carbocycles. The minimum Gasteiger partial charge on any atom is -0.475 e. The summed E-state index contributed by atoms with van der Waals surface area (Å²) in [7, 11) is -3.88. The Morgan fingerprint density at radius 3 is 2.56 bits per heavy atom. The Kier molecular flexibility index (Phi) is 6.29. The topological polar surface area (TPSA) is 117 Å². The summed E-state index contributed by atoms with van der Waals surface area (Å²) < 4.78 is 58.1. The van der Waals surface area contributed by atoms with Crippen molar-refractivity contribution >= 4 is 55.1 Å². The Labute approximate surface area is 159 Å². The molecule has 1 amide bonds. The molecule has 1 aromatic heterocycles. The molecule has 0 spiro atoms. The van der Waals surface area contributed by atoms with E-state index >= 15 is 0 Å². The van der Waals surface area contributed by atoms with Gasteiger partial charge in [-0.3, -0.25) is 4.79 Å². The molecule has 1 aliphatic rings. The van der Waals surface area contributed by atoms with Crippen LogP contribution in [0.15, 0.2) is 22.5 Å². The zero-order valence-corrected chi connectivity index (χ0v) is 15.5. The number of amides is 1. The number of piperazine rings is 1. The van der Waals surface area contributed by atoms with E-state index in [4.69, 9.17) is 21.5 Å². The lowest BCUT2D eigenvalue weighted by molar-refractivity contribution is -0.192. The van der Waals surface area contributed by atoms with Crippen molar-refractivity contribution in [2.45, 2.75) is 10.5 Å². The summed E-state index contributed by atoms with van der Waals surface area (Å²) in [6.45, 7) is 0.593. The molecule has 2 heterocycles. The van der Waals surface area contributed by atoms with Crippen LogP contribution in [0.2, 0.25) is 5.02 Å². The van der Waals surface area contributed by atoms with E-state index in [1.807, 2.05) is 0 Å². The minimum absolute atomic E-state index is 0.0238. The molecule has 8 nitrogen and oxygen atoms in total. The number of nitrogens with one attached hydrogen (secondary N) is 1. The summed E-state index contributed by atoms with van der Waals surface area (Å²) in [5.41, 5.74) is 0.517. The van der Waals surface area contributed by atoms with E-state index in [1.165, 1.54) is 0 Å². The van der Waals surface area contributed by atoms with Crippen LogP contribution in [-0.2, 0) is 19.6 Å². The number of halogens is 4. The molecule has 0 unspecified atom stereocenters. The van der Waals surface area contributed by atoms with Crippen LogP contribution in [0.4, 0.5) is 13.2 Å². The number of sulfonamides is 1. The van der Waals surface area contributed by atoms with E-state index in [1.54, 1.807) is 18.2 Å². The van der Waals surface area contributed by atoms with E-state index in [0.717, 1.165) is 20.3 Å². The Morgan fingerprint density at radius 1 is 1.37 bits per heavy atom. The third-order valence-electron chi connectivity index (χ3n) is 3.13. The smallest absolute Gasteiger partial charge is 0.475 e. The average molecular weight is 446 g/mol. The van der Waals surface area contributed by atoms with Gasteiger partial charge >= 0.3 is 12.1 Å². The lowest BCUT2D eigenvalue weighted by Crippen LogP contribution is -2.50. The second-order valence-corrected chi connectivity index (χ2v) is 8.55. The number of thiazole rings is 1. The minimum atomic E-state index is -5.08. The molecule has 0 saturated carbocycles. The first-order chi connectivity index (χ1) is 12.4. The van der Waals surface area contributed by atoms with Gasteiger partial charge in [-0.15, -0.1) is 11.3 Å². The number of hydrogen-bond donors (Lipinski definition) is 2. The molecule has 0 atom stereocenters. The average Bonchev–Trinajstić information content (AvgIpc) is 2.98. The largest absolute Gasteiger partial charge is 0.490 e. The zero-order chi connectivity index (χ0) is 20.4. The van der Waals surface area contributed by atoms with Crippen LogP contribution in [0.3, 0.4) is 0 Å². The molecule has 1 aliphatic heterocycles. The van der Waals surface area contributed by atoms with Crippen molar-refractivity contribution in [1.82, 2.24) is 14.6 Å². The first kappa shape index (κ1) is 21.3. The van der Waals surface area contributed by atoms with Gasteiger partial charge in [0.2, 0.25) is 10.2 Å². The van der Waals surface area contributed by atoms with Gasteiger partial charge < -0.3 is 10.4 Å². The number of aromatic nitrogens is 1. The standard InChI is InChI=1S/C11H10ClN3O3S2.C2HF3O2/c12-7-1-2-9-8(5-7)14-11(19-9)20(17,18)15-4-3-13-6-10(15)16;3-2(4,5)1(6)7/h1-2,5,13H,3-4,6H2;(H,6,7). The molecule has 0 bridgehead atoms.